The van der Waals surface area contributed by atoms with Gasteiger partial charge in [0.05, 0.1) is 10.6 Å². The van der Waals surface area contributed by atoms with Crippen molar-refractivity contribution in [2.24, 2.45) is 0 Å². The molecule has 6 nitrogen and oxygen atoms in total. The van der Waals surface area contributed by atoms with E-state index >= 15 is 0 Å². The van der Waals surface area contributed by atoms with Gasteiger partial charge in [-0.3, -0.25) is 9.10 Å². The van der Waals surface area contributed by atoms with Crippen molar-refractivity contribution in [1.82, 2.24) is 10.2 Å². The average Bonchev–Trinajstić information content (AvgIpc) is 3.23. The second kappa shape index (κ2) is 9.89. The number of carbonyl (C=O) groups excluding carboxylic acids is 1. The van der Waals surface area contributed by atoms with E-state index in [0.717, 1.165) is 31.6 Å². The molecule has 3 rings (SSSR count). The second-order valence-corrected chi connectivity index (χ2v) is 9.28. The van der Waals surface area contributed by atoms with E-state index in [1.54, 1.807) is 48.5 Å². The monoisotopic (exact) mass is 415 g/mol. The molecule has 7 heteroatoms. The largest absolute Gasteiger partial charge is 0.354 e. The highest BCUT2D eigenvalue weighted by Crippen LogP contribution is 2.24. The van der Waals surface area contributed by atoms with Crippen molar-refractivity contribution in [3.8, 4) is 0 Å². The van der Waals surface area contributed by atoms with Crippen LogP contribution in [0.1, 0.15) is 24.8 Å². The van der Waals surface area contributed by atoms with E-state index in [0.29, 0.717) is 12.2 Å². The van der Waals surface area contributed by atoms with Crippen LogP contribution in [0.2, 0.25) is 0 Å². The Morgan fingerprint density at radius 1 is 1.07 bits per heavy atom. The van der Waals surface area contributed by atoms with Crippen molar-refractivity contribution in [2.45, 2.75) is 31.1 Å². The minimum atomic E-state index is -3.85. The zero-order valence-corrected chi connectivity index (χ0v) is 17.7. The smallest absolute Gasteiger partial charge is 0.264 e. The molecule has 0 spiro atoms. The van der Waals surface area contributed by atoms with Crippen molar-refractivity contribution >= 4 is 21.6 Å². The molecule has 1 heterocycles. The van der Waals surface area contributed by atoms with E-state index in [2.05, 4.69) is 10.2 Å². The maximum atomic E-state index is 13.2. The fourth-order valence-corrected chi connectivity index (χ4v) is 4.97. The standard InChI is InChI=1S/C22H29N3O3S/c1-19-9-7-10-20(17-19)25(29(27,28)21-11-3-2-4-12-21)18-22(26)23-13-8-16-24-14-5-6-15-24/h2-4,7,9-12,17H,5-6,8,13-16,18H2,1H3,(H,23,26). The molecule has 1 fully saturated rings. The number of nitrogens with one attached hydrogen (secondary N) is 1. The molecule has 0 bridgehead atoms. The third-order valence-corrected chi connectivity index (χ3v) is 6.87. The Labute approximate surface area is 173 Å². The summed E-state index contributed by atoms with van der Waals surface area (Å²) in [6, 6.07) is 15.4. The lowest BCUT2D eigenvalue weighted by Gasteiger charge is -2.24. The summed E-state index contributed by atoms with van der Waals surface area (Å²) in [6.45, 7) is 5.42. The minimum absolute atomic E-state index is 0.170. The van der Waals surface area contributed by atoms with E-state index in [1.165, 1.54) is 17.1 Å². The van der Waals surface area contributed by atoms with Gasteiger partial charge in [0, 0.05) is 6.54 Å². The van der Waals surface area contributed by atoms with Gasteiger partial charge in [-0.15, -0.1) is 0 Å². The van der Waals surface area contributed by atoms with Crippen LogP contribution in [0.4, 0.5) is 5.69 Å². The molecule has 1 aliphatic rings. The van der Waals surface area contributed by atoms with Crippen molar-refractivity contribution in [3.63, 3.8) is 0 Å². The van der Waals surface area contributed by atoms with Gasteiger partial charge in [-0.1, -0.05) is 30.3 Å². The zero-order valence-electron chi connectivity index (χ0n) is 16.9. The van der Waals surface area contributed by atoms with Crippen molar-refractivity contribution in [3.05, 3.63) is 60.2 Å². The quantitative estimate of drug-likeness (QED) is 0.640. The summed E-state index contributed by atoms with van der Waals surface area (Å²) in [5.74, 6) is -0.299. The molecular formula is C22H29N3O3S. The molecule has 0 aliphatic carbocycles. The van der Waals surface area contributed by atoms with E-state index in [1.807, 2.05) is 13.0 Å². The molecular weight excluding hydrogens is 386 g/mol. The fraction of sp³-hybridized carbons (Fsp3) is 0.409. The molecule has 29 heavy (non-hydrogen) atoms. The number of amides is 1. The molecule has 0 atom stereocenters. The molecule has 0 unspecified atom stereocenters. The van der Waals surface area contributed by atoms with Crippen molar-refractivity contribution < 1.29 is 13.2 Å². The highest BCUT2D eigenvalue weighted by atomic mass is 32.2. The van der Waals surface area contributed by atoms with Crippen molar-refractivity contribution in [1.29, 1.82) is 0 Å². The minimum Gasteiger partial charge on any atom is -0.354 e. The molecule has 0 radical (unpaired) electrons. The second-order valence-electron chi connectivity index (χ2n) is 7.42. The molecule has 2 aromatic rings. The van der Waals surface area contributed by atoms with Crippen LogP contribution in [-0.2, 0) is 14.8 Å². The van der Waals surface area contributed by atoms with Gasteiger partial charge in [0.1, 0.15) is 6.54 Å². The van der Waals surface area contributed by atoms with E-state index < -0.39 is 10.0 Å². The van der Waals surface area contributed by atoms with Gasteiger partial charge in [0.25, 0.3) is 10.0 Å². The van der Waals surface area contributed by atoms with Gasteiger partial charge in [-0.25, -0.2) is 8.42 Å². The Balaban J connectivity index is 1.69. The van der Waals surface area contributed by atoms with Gasteiger partial charge in [0.2, 0.25) is 5.91 Å². The van der Waals surface area contributed by atoms with E-state index in [4.69, 9.17) is 0 Å². The van der Waals surface area contributed by atoms with Crippen LogP contribution >= 0.6 is 0 Å². The Hall–Kier alpha value is -2.38. The fourth-order valence-electron chi connectivity index (χ4n) is 3.54. The highest BCUT2D eigenvalue weighted by molar-refractivity contribution is 7.92. The summed E-state index contributed by atoms with van der Waals surface area (Å²) in [6.07, 6.45) is 3.35. The summed E-state index contributed by atoms with van der Waals surface area (Å²) in [5, 5.41) is 2.87. The van der Waals surface area contributed by atoms with Crippen LogP contribution < -0.4 is 9.62 Å². The molecule has 1 N–H and O–H groups in total. The van der Waals surface area contributed by atoms with Crippen LogP contribution in [0.5, 0.6) is 0 Å². The molecule has 0 saturated carbocycles. The molecule has 156 valence electrons. The average molecular weight is 416 g/mol. The number of carbonyl (C=O) groups is 1. The SMILES string of the molecule is Cc1cccc(N(CC(=O)NCCCN2CCCC2)S(=O)(=O)c2ccccc2)c1. The summed E-state index contributed by atoms with van der Waals surface area (Å²) >= 11 is 0. The number of anilines is 1. The number of rotatable bonds is 9. The number of likely N-dealkylation sites (tertiary alicyclic amines) is 1. The van der Waals surface area contributed by atoms with Gasteiger partial charge in [0.15, 0.2) is 0 Å². The molecule has 1 saturated heterocycles. The highest BCUT2D eigenvalue weighted by Gasteiger charge is 2.27. The van der Waals surface area contributed by atoms with Gasteiger partial charge >= 0.3 is 0 Å². The van der Waals surface area contributed by atoms with Crippen LogP contribution in [0.15, 0.2) is 59.5 Å². The van der Waals surface area contributed by atoms with Crippen LogP contribution in [0.25, 0.3) is 0 Å². The van der Waals surface area contributed by atoms with Crippen LogP contribution in [0, 0.1) is 6.92 Å². The normalized spacial score (nSPS) is 14.7. The first-order valence-corrected chi connectivity index (χ1v) is 11.5. The summed E-state index contributed by atoms with van der Waals surface area (Å²) in [7, 11) is -3.85. The first kappa shape index (κ1) is 21.3. The molecule has 1 amide bonds. The Kier molecular flexibility index (Phi) is 7.28. The molecule has 2 aromatic carbocycles. The predicted octanol–water partition coefficient (Wildman–Crippen LogP) is 2.79. The lowest BCUT2D eigenvalue weighted by Crippen LogP contribution is -2.41. The first-order valence-electron chi connectivity index (χ1n) is 10.1. The molecule has 1 aliphatic heterocycles. The number of sulfonamides is 1. The summed E-state index contributed by atoms with van der Waals surface area (Å²) in [4.78, 5) is 15.1. The summed E-state index contributed by atoms with van der Waals surface area (Å²) < 4.78 is 27.6. The topological polar surface area (TPSA) is 69.7 Å². The van der Waals surface area contributed by atoms with Gasteiger partial charge in [-0.2, -0.15) is 0 Å². The van der Waals surface area contributed by atoms with E-state index in [9.17, 15) is 13.2 Å². The molecule has 0 aromatic heterocycles. The lowest BCUT2D eigenvalue weighted by atomic mass is 10.2. The maximum Gasteiger partial charge on any atom is 0.264 e. The third kappa shape index (κ3) is 5.81. The van der Waals surface area contributed by atoms with Gasteiger partial charge < -0.3 is 10.2 Å². The number of hydrogen-bond donors (Lipinski definition) is 1. The van der Waals surface area contributed by atoms with Crippen LogP contribution in [-0.4, -0.2) is 51.9 Å². The third-order valence-electron chi connectivity index (χ3n) is 5.08. The van der Waals surface area contributed by atoms with Gasteiger partial charge in [-0.05, 0) is 75.6 Å². The predicted molar refractivity (Wildman–Crippen MR) is 115 cm³/mol. The number of aryl methyl sites for hydroxylation is 1. The Morgan fingerprint density at radius 3 is 2.48 bits per heavy atom. The summed E-state index contributed by atoms with van der Waals surface area (Å²) in [5.41, 5.74) is 1.42. The van der Waals surface area contributed by atoms with Crippen LogP contribution in [0.3, 0.4) is 0 Å². The maximum absolute atomic E-state index is 13.2. The number of benzene rings is 2. The Morgan fingerprint density at radius 2 is 1.79 bits per heavy atom. The van der Waals surface area contributed by atoms with E-state index in [-0.39, 0.29) is 17.3 Å². The lowest BCUT2D eigenvalue weighted by molar-refractivity contribution is -0.119. The number of nitrogens with zero attached hydrogens (tertiary/aromatic N) is 2. The van der Waals surface area contributed by atoms with Crippen molar-refractivity contribution in [2.75, 3.05) is 37.0 Å². The zero-order chi connectivity index (χ0) is 20.7. The first-order chi connectivity index (χ1) is 14.0. The number of hydrogen-bond acceptors (Lipinski definition) is 4. The Bertz CT molecular complexity index is 910.